The normalized spacial score (nSPS) is 16.2. The SMILES string of the molecule is CCOC(=O)c1nnn(C2CCCC2)c1CC(C)C. The monoisotopic (exact) mass is 265 g/mol. The molecule has 1 aliphatic carbocycles. The van der Waals surface area contributed by atoms with Crippen LogP contribution >= 0.6 is 0 Å². The molecule has 0 aromatic carbocycles. The van der Waals surface area contributed by atoms with Crippen molar-refractivity contribution in [3.8, 4) is 0 Å². The summed E-state index contributed by atoms with van der Waals surface area (Å²) in [6.07, 6.45) is 5.56. The fourth-order valence-electron chi connectivity index (χ4n) is 2.69. The highest BCUT2D eigenvalue weighted by molar-refractivity contribution is 5.88. The van der Waals surface area contributed by atoms with E-state index in [4.69, 9.17) is 4.74 Å². The number of nitrogens with zero attached hydrogens (tertiary/aromatic N) is 3. The summed E-state index contributed by atoms with van der Waals surface area (Å²) in [6.45, 7) is 6.46. The van der Waals surface area contributed by atoms with Crippen LogP contribution in [0.2, 0.25) is 0 Å². The zero-order valence-corrected chi connectivity index (χ0v) is 12.1. The summed E-state index contributed by atoms with van der Waals surface area (Å²) in [4.78, 5) is 11.9. The Kier molecular flexibility index (Phi) is 4.56. The Labute approximate surface area is 114 Å². The van der Waals surface area contributed by atoms with Crippen molar-refractivity contribution >= 4 is 5.97 Å². The molecular formula is C14H23N3O2. The largest absolute Gasteiger partial charge is 0.461 e. The molecule has 1 fully saturated rings. The van der Waals surface area contributed by atoms with Gasteiger partial charge in [0.05, 0.1) is 18.3 Å². The second-order valence-corrected chi connectivity index (χ2v) is 5.59. The fraction of sp³-hybridized carbons (Fsp3) is 0.786. The Bertz CT molecular complexity index is 434. The first-order chi connectivity index (χ1) is 9.13. The summed E-state index contributed by atoms with van der Waals surface area (Å²) in [5, 5.41) is 8.29. The van der Waals surface area contributed by atoms with Gasteiger partial charge in [-0.15, -0.1) is 5.10 Å². The van der Waals surface area contributed by atoms with Crippen LogP contribution in [0.3, 0.4) is 0 Å². The fourth-order valence-corrected chi connectivity index (χ4v) is 2.69. The summed E-state index contributed by atoms with van der Waals surface area (Å²) in [5.41, 5.74) is 1.35. The maximum atomic E-state index is 11.9. The zero-order chi connectivity index (χ0) is 13.8. The number of hydrogen-bond acceptors (Lipinski definition) is 4. The van der Waals surface area contributed by atoms with Crippen LogP contribution in [0.4, 0.5) is 0 Å². The van der Waals surface area contributed by atoms with Crippen LogP contribution in [0.15, 0.2) is 0 Å². The summed E-state index contributed by atoms with van der Waals surface area (Å²) in [6, 6.07) is 0.407. The van der Waals surface area contributed by atoms with Crippen molar-refractivity contribution in [1.29, 1.82) is 0 Å². The number of esters is 1. The van der Waals surface area contributed by atoms with Crippen LogP contribution in [0, 0.1) is 5.92 Å². The minimum atomic E-state index is -0.345. The molecule has 1 aromatic rings. The number of hydrogen-bond donors (Lipinski definition) is 0. The van der Waals surface area contributed by atoms with Gasteiger partial charge in [-0.1, -0.05) is 31.9 Å². The summed E-state index contributed by atoms with van der Waals surface area (Å²) < 4.78 is 7.04. The Morgan fingerprint density at radius 2 is 2.11 bits per heavy atom. The van der Waals surface area contributed by atoms with E-state index in [0.717, 1.165) is 25.0 Å². The van der Waals surface area contributed by atoms with Gasteiger partial charge in [0, 0.05) is 0 Å². The van der Waals surface area contributed by atoms with Crippen molar-refractivity contribution < 1.29 is 9.53 Å². The molecule has 0 spiro atoms. The van der Waals surface area contributed by atoms with Crippen molar-refractivity contribution in [2.75, 3.05) is 6.61 Å². The average Bonchev–Trinajstić information content (AvgIpc) is 2.96. The molecule has 19 heavy (non-hydrogen) atoms. The van der Waals surface area contributed by atoms with Gasteiger partial charge in [0.25, 0.3) is 0 Å². The first-order valence-corrected chi connectivity index (χ1v) is 7.24. The molecule has 0 radical (unpaired) electrons. The van der Waals surface area contributed by atoms with Crippen molar-refractivity contribution in [3.63, 3.8) is 0 Å². The lowest BCUT2D eigenvalue weighted by Crippen LogP contribution is -2.15. The number of ether oxygens (including phenoxy) is 1. The molecule has 1 aliphatic rings. The first kappa shape index (κ1) is 14.0. The minimum absolute atomic E-state index is 0.345. The molecule has 1 aromatic heterocycles. The third-order valence-corrected chi connectivity index (χ3v) is 3.53. The third kappa shape index (κ3) is 3.14. The van der Waals surface area contributed by atoms with E-state index >= 15 is 0 Å². The first-order valence-electron chi connectivity index (χ1n) is 7.24. The molecule has 0 N–H and O–H groups in total. The van der Waals surface area contributed by atoms with Crippen LogP contribution < -0.4 is 0 Å². The highest BCUT2D eigenvalue weighted by atomic mass is 16.5. The quantitative estimate of drug-likeness (QED) is 0.768. The van der Waals surface area contributed by atoms with Gasteiger partial charge in [-0.25, -0.2) is 9.48 Å². The minimum Gasteiger partial charge on any atom is -0.461 e. The summed E-state index contributed by atoms with van der Waals surface area (Å²) >= 11 is 0. The lowest BCUT2D eigenvalue weighted by atomic mass is 10.1. The molecule has 0 atom stereocenters. The molecule has 0 bridgehead atoms. The standard InChI is InChI=1S/C14H23N3O2/c1-4-19-14(18)13-12(9-10(2)3)17(16-15-13)11-7-5-6-8-11/h10-11H,4-9H2,1-3H3. The smallest absolute Gasteiger partial charge is 0.360 e. The van der Waals surface area contributed by atoms with Crippen molar-refractivity contribution in [1.82, 2.24) is 15.0 Å². The predicted octanol–water partition coefficient (Wildman–Crippen LogP) is 2.77. The number of carbonyl (C=O) groups excluding carboxylic acids is 1. The third-order valence-electron chi connectivity index (χ3n) is 3.53. The van der Waals surface area contributed by atoms with Crippen LogP contribution in [0.5, 0.6) is 0 Å². The molecule has 1 saturated carbocycles. The van der Waals surface area contributed by atoms with Gasteiger partial charge in [-0.3, -0.25) is 0 Å². The van der Waals surface area contributed by atoms with Gasteiger partial charge < -0.3 is 4.74 Å². The topological polar surface area (TPSA) is 57.0 Å². The number of carbonyl (C=O) groups is 1. The van der Waals surface area contributed by atoms with Gasteiger partial charge >= 0.3 is 5.97 Å². The molecule has 5 nitrogen and oxygen atoms in total. The highest BCUT2D eigenvalue weighted by Gasteiger charge is 2.27. The lowest BCUT2D eigenvalue weighted by Gasteiger charge is -2.14. The van der Waals surface area contributed by atoms with Crippen LogP contribution in [0.1, 0.15) is 68.7 Å². The summed E-state index contributed by atoms with van der Waals surface area (Å²) in [5.74, 6) is 0.120. The van der Waals surface area contributed by atoms with Crippen LogP contribution in [-0.2, 0) is 11.2 Å². The number of aromatic nitrogens is 3. The Morgan fingerprint density at radius 3 is 2.68 bits per heavy atom. The van der Waals surface area contributed by atoms with E-state index in [0.29, 0.717) is 24.3 Å². The van der Waals surface area contributed by atoms with Crippen LogP contribution in [-0.4, -0.2) is 27.6 Å². The average molecular weight is 265 g/mol. The molecule has 0 amide bonds. The van der Waals surface area contributed by atoms with E-state index in [-0.39, 0.29) is 5.97 Å². The van der Waals surface area contributed by atoms with E-state index in [1.807, 2.05) is 4.68 Å². The maximum absolute atomic E-state index is 11.9. The Hall–Kier alpha value is -1.39. The molecule has 0 aliphatic heterocycles. The van der Waals surface area contributed by atoms with Gasteiger partial charge in [0.1, 0.15) is 0 Å². The second-order valence-electron chi connectivity index (χ2n) is 5.59. The van der Waals surface area contributed by atoms with Gasteiger partial charge in [-0.05, 0) is 32.1 Å². The van der Waals surface area contributed by atoms with Crippen molar-refractivity contribution in [2.24, 2.45) is 5.92 Å². The van der Waals surface area contributed by atoms with Gasteiger partial charge in [-0.2, -0.15) is 0 Å². The molecule has 5 heteroatoms. The molecule has 0 unspecified atom stereocenters. The van der Waals surface area contributed by atoms with Crippen molar-refractivity contribution in [2.45, 2.75) is 58.9 Å². The zero-order valence-electron chi connectivity index (χ0n) is 12.1. The second kappa shape index (κ2) is 6.17. The molecule has 106 valence electrons. The Balaban J connectivity index is 2.29. The lowest BCUT2D eigenvalue weighted by molar-refractivity contribution is 0.0517. The van der Waals surface area contributed by atoms with E-state index in [2.05, 4.69) is 24.2 Å². The van der Waals surface area contributed by atoms with E-state index in [1.165, 1.54) is 12.8 Å². The molecular weight excluding hydrogens is 242 g/mol. The number of rotatable bonds is 5. The van der Waals surface area contributed by atoms with E-state index in [1.54, 1.807) is 6.92 Å². The van der Waals surface area contributed by atoms with Crippen molar-refractivity contribution in [3.05, 3.63) is 11.4 Å². The molecule has 2 rings (SSSR count). The van der Waals surface area contributed by atoms with E-state index in [9.17, 15) is 4.79 Å². The predicted molar refractivity (Wildman–Crippen MR) is 72.0 cm³/mol. The molecule has 1 heterocycles. The summed E-state index contributed by atoms with van der Waals surface area (Å²) in [7, 11) is 0. The van der Waals surface area contributed by atoms with Gasteiger partial charge in [0.2, 0.25) is 0 Å². The highest BCUT2D eigenvalue weighted by Crippen LogP contribution is 2.31. The Morgan fingerprint density at radius 1 is 1.42 bits per heavy atom. The van der Waals surface area contributed by atoms with Gasteiger partial charge in [0.15, 0.2) is 5.69 Å². The van der Waals surface area contributed by atoms with Crippen LogP contribution in [0.25, 0.3) is 0 Å². The molecule has 0 saturated heterocycles. The van der Waals surface area contributed by atoms with E-state index < -0.39 is 0 Å². The maximum Gasteiger partial charge on any atom is 0.360 e.